The van der Waals surface area contributed by atoms with Crippen LogP contribution in [0.25, 0.3) is 5.69 Å². The third-order valence-corrected chi connectivity index (χ3v) is 6.37. The van der Waals surface area contributed by atoms with Crippen molar-refractivity contribution >= 4 is 11.6 Å². The molecule has 1 aliphatic heterocycles. The zero-order valence-corrected chi connectivity index (χ0v) is 18.9. The van der Waals surface area contributed by atoms with E-state index in [9.17, 15) is 9.18 Å². The number of methoxy groups -OCH3 is 1. The van der Waals surface area contributed by atoms with E-state index >= 15 is 0 Å². The van der Waals surface area contributed by atoms with Gasteiger partial charge >= 0.3 is 0 Å². The Kier molecular flexibility index (Phi) is 5.40. The molecule has 5 rings (SSSR count). The molecular formula is C26H26FN3O3. The molecule has 0 bridgehead atoms. The Labute approximate surface area is 192 Å². The molecule has 1 aliphatic carbocycles. The predicted molar refractivity (Wildman–Crippen MR) is 124 cm³/mol. The number of nitrogens with zero attached hydrogens (tertiary/aromatic N) is 2. The smallest absolute Gasteiger partial charge is 0.161 e. The minimum absolute atomic E-state index is 0.206. The number of carbonyl (C=O) groups is 1. The number of halogens is 1. The number of aryl methyl sites for hydroxylation is 1. The minimum atomic E-state index is -0.321. The Hall–Kier alpha value is -3.61. The normalized spacial score (nSPS) is 19.3. The lowest BCUT2D eigenvalue weighted by Crippen LogP contribution is -2.35. The average Bonchev–Trinajstić information content (AvgIpc) is 3.15. The van der Waals surface area contributed by atoms with Gasteiger partial charge in [-0.1, -0.05) is 12.1 Å². The second-order valence-electron chi connectivity index (χ2n) is 8.32. The fraction of sp³-hybridized carbons (Fsp3) is 0.308. The summed E-state index contributed by atoms with van der Waals surface area (Å²) in [7, 11) is 1.62. The first-order valence-corrected chi connectivity index (χ1v) is 11.2. The lowest BCUT2D eigenvalue weighted by molar-refractivity contribution is -0.122. The molecule has 0 fully saturated rings. The van der Waals surface area contributed by atoms with Crippen molar-refractivity contribution in [1.82, 2.24) is 9.78 Å². The van der Waals surface area contributed by atoms with E-state index < -0.39 is 0 Å². The van der Waals surface area contributed by atoms with Crippen LogP contribution in [0.3, 0.4) is 0 Å². The highest BCUT2D eigenvalue weighted by atomic mass is 19.1. The number of ketones is 1. The van der Waals surface area contributed by atoms with E-state index in [0.717, 1.165) is 34.0 Å². The Morgan fingerprint density at radius 3 is 2.67 bits per heavy atom. The highest BCUT2D eigenvalue weighted by Gasteiger charge is 2.43. The minimum Gasteiger partial charge on any atom is -0.493 e. The monoisotopic (exact) mass is 447 g/mol. The van der Waals surface area contributed by atoms with E-state index in [1.165, 1.54) is 12.1 Å². The second kappa shape index (κ2) is 8.39. The van der Waals surface area contributed by atoms with Crippen molar-refractivity contribution in [2.24, 2.45) is 5.92 Å². The molecule has 1 N–H and O–H groups in total. The van der Waals surface area contributed by atoms with Crippen molar-refractivity contribution in [3.8, 4) is 17.2 Å². The van der Waals surface area contributed by atoms with Crippen molar-refractivity contribution in [2.45, 2.75) is 32.6 Å². The maximum atomic E-state index is 13.5. The van der Waals surface area contributed by atoms with Crippen molar-refractivity contribution in [1.29, 1.82) is 0 Å². The number of benzene rings is 2. The van der Waals surface area contributed by atoms with Gasteiger partial charge in [0.1, 0.15) is 17.4 Å². The number of ether oxygens (including phenoxy) is 2. The maximum absolute atomic E-state index is 13.5. The fourth-order valence-electron chi connectivity index (χ4n) is 4.94. The second-order valence-corrected chi connectivity index (χ2v) is 8.32. The Balaban J connectivity index is 1.71. The summed E-state index contributed by atoms with van der Waals surface area (Å²) in [5.41, 5.74) is 4.38. The van der Waals surface area contributed by atoms with Crippen molar-refractivity contribution in [3.63, 3.8) is 0 Å². The van der Waals surface area contributed by atoms with Crippen LogP contribution in [0.4, 0.5) is 10.2 Å². The van der Waals surface area contributed by atoms with Gasteiger partial charge in [-0.2, -0.15) is 5.10 Å². The summed E-state index contributed by atoms with van der Waals surface area (Å²) in [5.74, 6) is 1.46. The van der Waals surface area contributed by atoms with E-state index in [0.29, 0.717) is 30.9 Å². The summed E-state index contributed by atoms with van der Waals surface area (Å²) in [4.78, 5) is 13.2. The Morgan fingerprint density at radius 2 is 1.94 bits per heavy atom. The number of fused-ring (bicyclic) bond motifs is 2. The third kappa shape index (κ3) is 3.57. The zero-order chi connectivity index (χ0) is 23.1. The highest BCUT2D eigenvalue weighted by molar-refractivity contribution is 5.89. The van der Waals surface area contributed by atoms with Crippen LogP contribution in [0, 0.1) is 18.7 Å². The molecule has 3 aromatic rings. The molecule has 0 radical (unpaired) electrons. The first-order valence-electron chi connectivity index (χ1n) is 11.2. The van der Waals surface area contributed by atoms with E-state index in [1.54, 1.807) is 23.9 Å². The topological polar surface area (TPSA) is 65.4 Å². The number of aromatic nitrogens is 2. The molecule has 6 nitrogen and oxygen atoms in total. The number of hydrogen-bond donors (Lipinski definition) is 1. The zero-order valence-electron chi connectivity index (χ0n) is 18.9. The van der Waals surface area contributed by atoms with Gasteiger partial charge in [-0.15, -0.1) is 0 Å². The first-order chi connectivity index (χ1) is 16.0. The number of anilines is 1. The van der Waals surface area contributed by atoms with Gasteiger partial charge in [0.05, 0.1) is 31.0 Å². The molecule has 0 unspecified atom stereocenters. The molecule has 0 amide bonds. The summed E-state index contributed by atoms with van der Waals surface area (Å²) >= 11 is 0. The van der Waals surface area contributed by atoms with Gasteiger partial charge in [-0.05, 0) is 62.2 Å². The van der Waals surface area contributed by atoms with Crippen LogP contribution < -0.4 is 14.8 Å². The number of nitrogens with one attached hydrogen (secondary N) is 1. The van der Waals surface area contributed by atoms with Crippen molar-refractivity contribution in [2.75, 3.05) is 19.0 Å². The molecule has 0 saturated carbocycles. The largest absolute Gasteiger partial charge is 0.493 e. The SMILES string of the molecule is CCOc1ccc([C@@H]2c3c(C)nn(-c4ccc(F)cc4)c3NC3=CCCC(=O)[C@H]32)cc1OC. The molecule has 0 saturated heterocycles. The third-order valence-electron chi connectivity index (χ3n) is 6.37. The van der Waals surface area contributed by atoms with Crippen molar-refractivity contribution in [3.05, 3.63) is 76.9 Å². The van der Waals surface area contributed by atoms with E-state index in [-0.39, 0.29) is 23.4 Å². The predicted octanol–water partition coefficient (Wildman–Crippen LogP) is 5.15. The quantitative estimate of drug-likeness (QED) is 0.586. The number of carbonyl (C=O) groups excluding carboxylic acids is 1. The molecular weight excluding hydrogens is 421 g/mol. The van der Waals surface area contributed by atoms with E-state index in [1.807, 2.05) is 32.0 Å². The van der Waals surface area contributed by atoms with Crippen LogP contribution in [0.1, 0.15) is 42.5 Å². The molecule has 2 aromatic carbocycles. The van der Waals surface area contributed by atoms with Crippen LogP contribution in [0.2, 0.25) is 0 Å². The van der Waals surface area contributed by atoms with Gasteiger partial charge in [-0.25, -0.2) is 9.07 Å². The van der Waals surface area contributed by atoms with Gasteiger partial charge < -0.3 is 14.8 Å². The average molecular weight is 448 g/mol. The van der Waals surface area contributed by atoms with Crippen LogP contribution in [-0.4, -0.2) is 29.3 Å². The maximum Gasteiger partial charge on any atom is 0.161 e. The van der Waals surface area contributed by atoms with Crippen molar-refractivity contribution < 1.29 is 18.7 Å². The summed E-state index contributed by atoms with van der Waals surface area (Å²) in [5, 5.41) is 8.26. The molecule has 33 heavy (non-hydrogen) atoms. The first kappa shape index (κ1) is 21.2. The molecule has 7 heteroatoms. The Bertz CT molecular complexity index is 1250. The van der Waals surface area contributed by atoms with Crippen LogP contribution in [0.5, 0.6) is 11.5 Å². The summed E-state index contributed by atoms with van der Waals surface area (Å²) in [6, 6.07) is 12.1. The summed E-state index contributed by atoms with van der Waals surface area (Å²) in [6.45, 7) is 4.41. The van der Waals surface area contributed by atoms with Gasteiger partial charge in [0.15, 0.2) is 11.5 Å². The van der Waals surface area contributed by atoms with E-state index in [4.69, 9.17) is 14.6 Å². The van der Waals surface area contributed by atoms with Crippen LogP contribution >= 0.6 is 0 Å². The molecule has 2 heterocycles. The summed E-state index contributed by atoms with van der Waals surface area (Å²) < 4.78 is 26.6. The van der Waals surface area contributed by atoms with Gasteiger partial charge in [0.2, 0.25) is 0 Å². The molecule has 1 aromatic heterocycles. The van der Waals surface area contributed by atoms with Crippen LogP contribution in [0.15, 0.2) is 54.2 Å². The van der Waals surface area contributed by atoms with Gasteiger partial charge in [0.25, 0.3) is 0 Å². The Morgan fingerprint density at radius 1 is 1.15 bits per heavy atom. The number of Topliss-reactive ketones (excluding diaryl/α,β-unsaturated/α-hetero) is 1. The van der Waals surface area contributed by atoms with Crippen LogP contribution in [-0.2, 0) is 4.79 Å². The highest BCUT2D eigenvalue weighted by Crippen LogP contribution is 2.49. The lowest BCUT2D eigenvalue weighted by atomic mass is 9.71. The lowest BCUT2D eigenvalue weighted by Gasteiger charge is -2.37. The number of rotatable bonds is 5. The summed E-state index contributed by atoms with van der Waals surface area (Å²) in [6.07, 6.45) is 3.32. The number of allylic oxidation sites excluding steroid dienone is 2. The molecule has 2 atom stereocenters. The fourth-order valence-corrected chi connectivity index (χ4v) is 4.94. The number of hydrogen-bond acceptors (Lipinski definition) is 5. The van der Waals surface area contributed by atoms with Gasteiger partial charge in [-0.3, -0.25) is 4.79 Å². The van der Waals surface area contributed by atoms with Gasteiger partial charge in [0, 0.05) is 23.6 Å². The molecule has 0 spiro atoms. The molecule has 170 valence electrons. The molecule has 2 aliphatic rings. The van der Waals surface area contributed by atoms with E-state index in [2.05, 4.69) is 11.4 Å². The standard InChI is InChI=1S/C26H26FN3O3/c1-4-33-21-13-8-16(14-22(21)32-3)24-23-15(2)29-30(18-11-9-17(27)10-12-18)26(23)28-19-6-5-7-20(31)25(19)24/h6,8-14,24-25,28H,4-5,7H2,1-3H3/t24-,25+/m1/s1.